The molecular weight excluding hydrogens is 460 g/mol. The first-order valence-corrected chi connectivity index (χ1v) is 11.4. The predicted octanol–water partition coefficient (Wildman–Crippen LogP) is 2.56. The zero-order valence-electron chi connectivity index (χ0n) is 19.3. The van der Waals surface area contributed by atoms with E-state index in [-0.39, 0.29) is 29.9 Å². The zero-order valence-corrected chi connectivity index (χ0v) is 20.1. The third-order valence-corrected chi connectivity index (χ3v) is 5.81. The maximum Gasteiger partial charge on any atom is 0.293 e. The summed E-state index contributed by atoms with van der Waals surface area (Å²) in [5.41, 5.74) is 1.19. The fourth-order valence-electron chi connectivity index (χ4n) is 3.81. The minimum absolute atomic E-state index is 0.0981. The number of ether oxygens (including phenoxy) is 2. The smallest absolute Gasteiger partial charge is 0.293 e. The molecule has 1 aromatic carbocycles. The summed E-state index contributed by atoms with van der Waals surface area (Å²) in [4.78, 5) is 35.4. The first kappa shape index (κ1) is 23.8. The maximum atomic E-state index is 12.8. The van der Waals surface area contributed by atoms with Crippen LogP contribution in [0.2, 0.25) is 5.02 Å². The lowest BCUT2D eigenvalue weighted by Gasteiger charge is -2.31. The Kier molecular flexibility index (Phi) is 7.18. The van der Waals surface area contributed by atoms with Gasteiger partial charge in [0.15, 0.2) is 18.2 Å². The number of pyridine rings is 1. The molecule has 1 fully saturated rings. The van der Waals surface area contributed by atoms with E-state index in [2.05, 4.69) is 25.5 Å². The van der Waals surface area contributed by atoms with Crippen molar-refractivity contribution in [3.05, 3.63) is 45.8 Å². The van der Waals surface area contributed by atoms with Crippen LogP contribution in [0.5, 0.6) is 5.75 Å². The summed E-state index contributed by atoms with van der Waals surface area (Å²) in [5, 5.41) is 6.88. The summed E-state index contributed by atoms with van der Waals surface area (Å²) in [5.74, 6) is 0.846. The van der Waals surface area contributed by atoms with Crippen molar-refractivity contribution in [2.75, 3.05) is 43.6 Å². The summed E-state index contributed by atoms with van der Waals surface area (Å²) >= 11 is 6.38. The number of carbonyl (C=O) groups excluding carboxylic acids is 1. The van der Waals surface area contributed by atoms with E-state index < -0.39 is 0 Å². The van der Waals surface area contributed by atoms with Gasteiger partial charge in [0.05, 0.1) is 24.4 Å². The maximum absolute atomic E-state index is 12.8. The number of aromatic nitrogens is 3. The highest BCUT2D eigenvalue weighted by Gasteiger charge is 2.20. The summed E-state index contributed by atoms with van der Waals surface area (Å²) in [6.07, 6.45) is 1.67. The second-order valence-electron chi connectivity index (χ2n) is 7.91. The molecule has 0 unspecified atom stereocenters. The Balaban J connectivity index is 1.65. The van der Waals surface area contributed by atoms with Gasteiger partial charge in [-0.05, 0) is 38.1 Å². The number of hydrogen-bond donors (Lipinski definition) is 2. The largest absolute Gasteiger partial charge is 0.478 e. The van der Waals surface area contributed by atoms with Gasteiger partial charge in [-0.3, -0.25) is 9.59 Å². The van der Waals surface area contributed by atoms with Crippen molar-refractivity contribution in [1.29, 1.82) is 0 Å². The molecule has 4 rings (SSSR count). The number of anilines is 3. The Morgan fingerprint density at radius 2 is 2.18 bits per heavy atom. The lowest BCUT2D eigenvalue weighted by molar-refractivity contribution is -0.122. The fraction of sp³-hybridized carbons (Fsp3) is 0.391. The minimum atomic E-state index is -0.318. The standard InChI is InChI=1S/C23H27ClN6O4/c1-4-30-18-6-5-16(9-15(18)10-19(22(30)32)34-13-20(31)25-3)27-21-17(24)11-26-23(28-21)29-7-8-33-14(2)12-29/h5-6,9-11,14H,4,7-8,12-13H2,1-3H3,(H,25,31)(H,26,27,28)/t14-/m1/s1. The van der Waals surface area contributed by atoms with Crippen molar-refractivity contribution >= 4 is 45.9 Å². The number of likely N-dealkylation sites (N-methyl/N-ethyl adjacent to an activating group) is 1. The van der Waals surface area contributed by atoms with Crippen LogP contribution in [-0.4, -0.2) is 59.9 Å². The number of halogens is 1. The molecule has 0 spiro atoms. The number of rotatable bonds is 7. The fourth-order valence-corrected chi connectivity index (χ4v) is 3.94. The molecule has 1 aliphatic rings. The number of morpholine rings is 1. The predicted molar refractivity (Wildman–Crippen MR) is 131 cm³/mol. The number of benzene rings is 1. The minimum Gasteiger partial charge on any atom is -0.478 e. The van der Waals surface area contributed by atoms with E-state index in [4.69, 9.17) is 21.1 Å². The molecule has 0 saturated carbocycles. The van der Waals surface area contributed by atoms with Crippen LogP contribution in [0.25, 0.3) is 10.9 Å². The summed E-state index contributed by atoms with van der Waals surface area (Å²) in [6, 6.07) is 7.22. The van der Waals surface area contributed by atoms with E-state index in [0.29, 0.717) is 43.0 Å². The lowest BCUT2D eigenvalue weighted by Crippen LogP contribution is -2.42. The molecule has 10 nitrogen and oxygen atoms in total. The lowest BCUT2D eigenvalue weighted by atomic mass is 10.1. The van der Waals surface area contributed by atoms with E-state index in [1.165, 1.54) is 7.05 Å². The average Bonchev–Trinajstić information content (AvgIpc) is 2.84. The number of fused-ring (bicyclic) bond motifs is 1. The van der Waals surface area contributed by atoms with Crippen LogP contribution in [0.3, 0.4) is 0 Å². The Bertz CT molecular complexity index is 1260. The Hall–Kier alpha value is -3.37. The number of amides is 1. The van der Waals surface area contributed by atoms with Crippen molar-refractivity contribution in [2.24, 2.45) is 0 Å². The summed E-state index contributed by atoms with van der Waals surface area (Å²) in [7, 11) is 1.51. The molecule has 1 amide bonds. The van der Waals surface area contributed by atoms with Gasteiger partial charge in [0.1, 0.15) is 5.02 Å². The van der Waals surface area contributed by atoms with E-state index in [1.807, 2.05) is 32.0 Å². The van der Waals surface area contributed by atoms with Gasteiger partial charge >= 0.3 is 0 Å². The van der Waals surface area contributed by atoms with Crippen LogP contribution >= 0.6 is 11.6 Å². The van der Waals surface area contributed by atoms with Crippen molar-refractivity contribution in [3.8, 4) is 5.75 Å². The van der Waals surface area contributed by atoms with Crippen LogP contribution in [0.15, 0.2) is 35.3 Å². The monoisotopic (exact) mass is 486 g/mol. The van der Waals surface area contributed by atoms with E-state index >= 15 is 0 Å². The van der Waals surface area contributed by atoms with Gasteiger partial charge in [-0.25, -0.2) is 4.98 Å². The highest BCUT2D eigenvalue weighted by Crippen LogP contribution is 2.28. The number of nitrogens with zero attached hydrogens (tertiary/aromatic N) is 4. The Morgan fingerprint density at radius 1 is 1.35 bits per heavy atom. The molecule has 2 N–H and O–H groups in total. The third kappa shape index (κ3) is 5.07. The molecule has 2 aromatic heterocycles. The second kappa shape index (κ2) is 10.3. The normalized spacial score (nSPS) is 15.9. The molecule has 0 bridgehead atoms. The van der Waals surface area contributed by atoms with Gasteiger partial charge in [0.25, 0.3) is 11.5 Å². The zero-order chi connectivity index (χ0) is 24.2. The molecule has 1 aliphatic heterocycles. The van der Waals surface area contributed by atoms with Crippen LogP contribution in [0, 0.1) is 0 Å². The number of carbonyl (C=O) groups is 1. The number of nitrogens with one attached hydrogen (secondary N) is 2. The molecule has 34 heavy (non-hydrogen) atoms. The highest BCUT2D eigenvalue weighted by molar-refractivity contribution is 6.32. The quantitative estimate of drug-likeness (QED) is 0.524. The van der Waals surface area contributed by atoms with Gasteiger partial charge in [0.2, 0.25) is 5.95 Å². The number of hydrogen-bond acceptors (Lipinski definition) is 8. The molecule has 0 aliphatic carbocycles. The van der Waals surface area contributed by atoms with Crippen LogP contribution in [-0.2, 0) is 16.1 Å². The van der Waals surface area contributed by atoms with Gasteiger partial charge in [-0.15, -0.1) is 0 Å². The van der Waals surface area contributed by atoms with Gasteiger partial charge in [0, 0.05) is 37.8 Å². The van der Waals surface area contributed by atoms with E-state index in [0.717, 1.165) is 16.6 Å². The molecule has 3 heterocycles. The van der Waals surface area contributed by atoms with Crippen molar-refractivity contribution in [3.63, 3.8) is 0 Å². The molecule has 11 heteroatoms. The van der Waals surface area contributed by atoms with E-state index in [1.54, 1.807) is 16.8 Å². The molecule has 3 aromatic rings. The molecule has 1 atom stereocenters. The average molecular weight is 487 g/mol. The first-order chi connectivity index (χ1) is 16.4. The number of aryl methyl sites for hydroxylation is 1. The summed E-state index contributed by atoms with van der Waals surface area (Å²) in [6.45, 7) is 6.13. The molecule has 0 radical (unpaired) electrons. The van der Waals surface area contributed by atoms with Crippen molar-refractivity contribution in [1.82, 2.24) is 19.9 Å². The van der Waals surface area contributed by atoms with Crippen molar-refractivity contribution < 1.29 is 14.3 Å². The van der Waals surface area contributed by atoms with Crippen LogP contribution in [0.1, 0.15) is 13.8 Å². The molecule has 1 saturated heterocycles. The topological polar surface area (TPSA) is 111 Å². The van der Waals surface area contributed by atoms with Crippen LogP contribution in [0.4, 0.5) is 17.5 Å². The van der Waals surface area contributed by atoms with Crippen molar-refractivity contribution in [2.45, 2.75) is 26.5 Å². The van der Waals surface area contributed by atoms with E-state index in [9.17, 15) is 9.59 Å². The second-order valence-corrected chi connectivity index (χ2v) is 8.32. The third-order valence-electron chi connectivity index (χ3n) is 5.53. The SMILES string of the molecule is CCn1c(=O)c(OCC(=O)NC)cc2cc(Nc3nc(N4CCO[C@H](C)C4)ncc3Cl)ccc21. The Morgan fingerprint density at radius 3 is 2.91 bits per heavy atom. The summed E-state index contributed by atoms with van der Waals surface area (Å²) < 4.78 is 12.7. The molecular formula is C23H27ClN6O4. The van der Waals surface area contributed by atoms with Gasteiger partial charge in [-0.2, -0.15) is 4.98 Å². The van der Waals surface area contributed by atoms with Gasteiger partial charge in [-0.1, -0.05) is 11.6 Å². The highest BCUT2D eigenvalue weighted by atomic mass is 35.5. The van der Waals surface area contributed by atoms with Gasteiger partial charge < -0.3 is 29.6 Å². The molecule has 180 valence electrons. The first-order valence-electron chi connectivity index (χ1n) is 11.1. The van der Waals surface area contributed by atoms with Crippen LogP contribution < -0.4 is 25.8 Å². The Labute approximate surface area is 201 Å².